The van der Waals surface area contributed by atoms with E-state index in [1.165, 1.54) is 0 Å². The van der Waals surface area contributed by atoms with Crippen LogP contribution in [0.25, 0.3) is 0 Å². The molecule has 0 aromatic carbocycles. The lowest BCUT2D eigenvalue weighted by molar-refractivity contribution is -0.130. The third-order valence-corrected chi connectivity index (χ3v) is 2.87. The number of nitrogens with zero attached hydrogens (tertiary/aromatic N) is 1. The third-order valence-electron chi connectivity index (χ3n) is 2.87. The van der Waals surface area contributed by atoms with Gasteiger partial charge in [0.2, 0.25) is 0 Å². The maximum atomic E-state index is 11.7. The van der Waals surface area contributed by atoms with Crippen LogP contribution in [0.15, 0.2) is 0 Å². The highest BCUT2D eigenvalue weighted by Gasteiger charge is 2.34. The van der Waals surface area contributed by atoms with Crippen molar-refractivity contribution in [1.82, 2.24) is 4.90 Å². The quantitative estimate of drug-likeness (QED) is 0.651. The zero-order valence-electron chi connectivity index (χ0n) is 9.05. The highest BCUT2D eigenvalue weighted by Crippen LogP contribution is 2.22. The molecule has 1 aliphatic heterocycles. The molecule has 1 heterocycles. The molecule has 0 bridgehead atoms. The van der Waals surface area contributed by atoms with E-state index in [0.717, 1.165) is 32.2 Å². The van der Waals surface area contributed by atoms with Gasteiger partial charge >= 0.3 is 0 Å². The Labute approximate surface area is 81.3 Å². The minimum atomic E-state index is 0.256. The predicted molar refractivity (Wildman–Crippen MR) is 54.8 cm³/mol. The first-order valence-electron chi connectivity index (χ1n) is 5.45. The summed E-state index contributed by atoms with van der Waals surface area (Å²) in [5, 5.41) is 0. The number of rotatable bonds is 5. The van der Waals surface area contributed by atoms with Crippen LogP contribution in [0.3, 0.4) is 0 Å². The van der Waals surface area contributed by atoms with Gasteiger partial charge in [0.25, 0.3) is 0 Å². The maximum absolute atomic E-state index is 11.7. The largest absolute Gasteiger partial charge is 0.298 e. The summed E-state index contributed by atoms with van der Waals surface area (Å²) in [7, 11) is 0. The van der Waals surface area contributed by atoms with E-state index in [9.17, 15) is 4.79 Å². The molecule has 1 saturated heterocycles. The van der Waals surface area contributed by atoms with E-state index in [4.69, 9.17) is 0 Å². The number of likely N-dealkylation sites (tertiary alicyclic amines) is 1. The van der Waals surface area contributed by atoms with E-state index in [0.29, 0.717) is 11.8 Å². The Hall–Kier alpha value is -0.370. The molecule has 76 valence electrons. The second kappa shape index (κ2) is 4.75. The average molecular weight is 183 g/mol. The van der Waals surface area contributed by atoms with Gasteiger partial charge in [-0.25, -0.2) is 0 Å². The van der Waals surface area contributed by atoms with Crippen molar-refractivity contribution < 1.29 is 4.79 Å². The van der Waals surface area contributed by atoms with E-state index < -0.39 is 0 Å². The fourth-order valence-corrected chi connectivity index (χ4v) is 1.89. The van der Waals surface area contributed by atoms with Crippen molar-refractivity contribution in [2.45, 2.75) is 58.5 Å². The molecule has 0 aliphatic carbocycles. The minimum absolute atomic E-state index is 0.256. The predicted octanol–water partition coefficient (Wildman–Crippen LogP) is 2.23. The fourth-order valence-electron chi connectivity index (χ4n) is 1.89. The number of hydrogen-bond donors (Lipinski definition) is 0. The molecule has 0 spiro atoms. The first kappa shape index (κ1) is 10.7. The van der Waals surface area contributed by atoms with Gasteiger partial charge in [-0.15, -0.1) is 0 Å². The maximum Gasteiger partial charge on any atom is 0.150 e. The lowest BCUT2D eigenvalue weighted by Crippen LogP contribution is -2.55. The summed E-state index contributed by atoms with van der Waals surface area (Å²) in [4.78, 5) is 14.0. The van der Waals surface area contributed by atoms with Crippen LogP contribution >= 0.6 is 0 Å². The normalized spacial score (nSPS) is 23.2. The molecule has 13 heavy (non-hydrogen) atoms. The molecule has 0 amide bonds. The van der Waals surface area contributed by atoms with Crippen LogP contribution in [0.1, 0.15) is 46.5 Å². The van der Waals surface area contributed by atoms with Crippen molar-refractivity contribution in [2.75, 3.05) is 6.54 Å². The van der Waals surface area contributed by atoms with Gasteiger partial charge in [-0.2, -0.15) is 0 Å². The van der Waals surface area contributed by atoms with Gasteiger partial charge < -0.3 is 0 Å². The molecule has 0 N–H and O–H groups in total. The van der Waals surface area contributed by atoms with Crippen molar-refractivity contribution in [2.24, 2.45) is 0 Å². The number of carbonyl (C=O) groups is 1. The Morgan fingerprint density at radius 1 is 1.54 bits per heavy atom. The van der Waals surface area contributed by atoms with Gasteiger partial charge in [0, 0.05) is 19.0 Å². The Morgan fingerprint density at radius 2 is 2.23 bits per heavy atom. The summed E-state index contributed by atoms with van der Waals surface area (Å²) < 4.78 is 0. The number of unbranched alkanes of at least 4 members (excludes halogenated alkanes) is 1. The second-order valence-electron chi connectivity index (χ2n) is 4.21. The Bertz CT molecular complexity index is 177. The molecule has 1 fully saturated rings. The van der Waals surface area contributed by atoms with Crippen molar-refractivity contribution in [3.8, 4) is 0 Å². The summed E-state index contributed by atoms with van der Waals surface area (Å²) in [5.74, 6) is 0.460. The van der Waals surface area contributed by atoms with Gasteiger partial charge in [0.15, 0.2) is 0 Å². The molecule has 0 aromatic rings. The summed E-state index contributed by atoms with van der Waals surface area (Å²) in [5.41, 5.74) is 0. The average Bonchev–Trinajstić information content (AvgIpc) is 1.97. The van der Waals surface area contributed by atoms with E-state index in [-0.39, 0.29) is 6.04 Å². The van der Waals surface area contributed by atoms with Crippen molar-refractivity contribution in [3.63, 3.8) is 0 Å². The zero-order valence-corrected chi connectivity index (χ0v) is 9.05. The molecule has 1 aliphatic rings. The topological polar surface area (TPSA) is 20.3 Å². The molecule has 0 aromatic heterocycles. The molecule has 1 rings (SSSR count). The number of carbonyl (C=O) groups excluding carboxylic acids is 1. The van der Waals surface area contributed by atoms with Crippen LogP contribution in [0, 0.1) is 0 Å². The summed E-state index contributed by atoms with van der Waals surface area (Å²) >= 11 is 0. The minimum Gasteiger partial charge on any atom is -0.298 e. The lowest BCUT2D eigenvalue weighted by Gasteiger charge is -2.42. The Morgan fingerprint density at radius 3 is 2.62 bits per heavy atom. The van der Waals surface area contributed by atoms with E-state index >= 15 is 0 Å². The molecule has 0 radical (unpaired) electrons. The zero-order chi connectivity index (χ0) is 9.84. The van der Waals surface area contributed by atoms with Crippen LogP contribution in [0.4, 0.5) is 0 Å². The van der Waals surface area contributed by atoms with Crippen LogP contribution < -0.4 is 0 Å². The van der Waals surface area contributed by atoms with E-state index in [1.54, 1.807) is 0 Å². The van der Waals surface area contributed by atoms with Crippen LogP contribution in [0.2, 0.25) is 0 Å². The standard InChI is InChI=1S/C11H21NO/c1-4-5-6-11(13)10-7-8-12(10)9(2)3/h9-10H,4-8H2,1-3H3. The molecular weight excluding hydrogens is 162 g/mol. The molecule has 1 atom stereocenters. The Balaban J connectivity index is 2.31. The van der Waals surface area contributed by atoms with E-state index in [1.807, 2.05) is 0 Å². The molecule has 1 unspecified atom stereocenters. The third kappa shape index (κ3) is 2.53. The van der Waals surface area contributed by atoms with Crippen LogP contribution in [-0.4, -0.2) is 29.3 Å². The SMILES string of the molecule is CCCCC(=O)C1CCN1C(C)C. The molecular formula is C11H21NO. The molecule has 2 nitrogen and oxygen atoms in total. The number of ketones is 1. The number of Topliss-reactive ketones (excluding diaryl/α,β-unsaturated/α-hetero) is 1. The van der Waals surface area contributed by atoms with Crippen molar-refractivity contribution >= 4 is 5.78 Å². The fraction of sp³-hybridized carbons (Fsp3) is 0.909. The van der Waals surface area contributed by atoms with Gasteiger partial charge in [0.1, 0.15) is 5.78 Å². The second-order valence-corrected chi connectivity index (χ2v) is 4.21. The summed E-state index contributed by atoms with van der Waals surface area (Å²) in [6.07, 6.45) is 4.05. The van der Waals surface area contributed by atoms with Crippen LogP contribution in [-0.2, 0) is 4.79 Å². The Kier molecular flexibility index (Phi) is 3.91. The molecule has 2 heteroatoms. The van der Waals surface area contributed by atoms with E-state index in [2.05, 4.69) is 25.7 Å². The van der Waals surface area contributed by atoms with Gasteiger partial charge in [-0.05, 0) is 26.7 Å². The molecule has 0 saturated carbocycles. The summed E-state index contributed by atoms with van der Waals surface area (Å²) in [6.45, 7) is 7.58. The summed E-state index contributed by atoms with van der Waals surface area (Å²) in [6, 6.07) is 0.788. The van der Waals surface area contributed by atoms with Crippen LogP contribution in [0.5, 0.6) is 0 Å². The first-order chi connectivity index (χ1) is 6.16. The number of hydrogen-bond acceptors (Lipinski definition) is 2. The highest BCUT2D eigenvalue weighted by molar-refractivity contribution is 5.84. The smallest absolute Gasteiger partial charge is 0.150 e. The van der Waals surface area contributed by atoms with Crippen molar-refractivity contribution in [3.05, 3.63) is 0 Å². The highest BCUT2D eigenvalue weighted by atomic mass is 16.1. The lowest BCUT2D eigenvalue weighted by atomic mass is 9.94. The van der Waals surface area contributed by atoms with Gasteiger partial charge in [-0.3, -0.25) is 9.69 Å². The monoisotopic (exact) mass is 183 g/mol. The van der Waals surface area contributed by atoms with Gasteiger partial charge in [0.05, 0.1) is 6.04 Å². The van der Waals surface area contributed by atoms with Crippen molar-refractivity contribution in [1.29, 1.82) is 0 Å². The first-order valence-corrected chi connectivity index (χ1v) is 5.45. The van der Waals surface area contributed by atoms with Gasteiger partial charge in [-0.1, -0.05) is 13.3 Å².